The standard InChI is InChI=1S/C11H16O/c1-8-6-10-9(4-5-12-10)7-11(8,2)3/h4-5,8H,6-7H2,1-3H3. The van der Waals surface area contributed by atoms with Gasteiger partial charge in [0.15, 0.2) is 0 Å². The molecule has 0 saturated heterocycles. The van der Waals surface area contributed by atoms with Crippen LogP contribution < -0.4 is 0 Å². The summed E-state index contributed by atoms with van der Waals surface area (Å²) in [5, 5.41) is 0. The van der Waals surface area contributed by atoms with Crippen LogP contribution in [0.5, 0.6) is 0 Å². The van der Waals surface area contributed by atoms with E-state index < -0.39 is 0 Å². The maximum atomic E-state index is 5.42. The molecule has 1 atom stereocenters. The van der Waals surface area contributed by atoms with Crippen molar-refractivity contribution >= 4 is 0 Å². The molecule has 1 nitrogen and oxygen atoms in total. The molecule has 0 fully saturated rings. The predicted octanol–water partition coefficient (Wildman–Crippen LogP) is 3.04. The highest BCUT2D eigenvalue weighted by molar-refractivity contribution is 5.22. The van der Waals surface area contributed by atoms with Crippen LogP contribution in [0.2, 0.25) is 0 Å². The molecule has 1 aromatic heterocycles. The number of hydrogen-bond donors (Lipinski definition) is 0. The van der Waals surface area contributed by atoms with E-state index in [1.54, 1.807) is 0 Å². The number of hydrogen-bond acceptors (Lipinski definition) is 1. The molecule has 0 spiro atoms. The normalized spacial score (nSPS) is 26.8. The molecule has 0 amide bonds. The van der Waals surface area contributed by atoms with Gasteiger partial charge in [0.1, 0.15) is 5.76 Å². The maximum Gasteiger partial charge on any atom is 0.107 e. The summed E-state index contributed by atoms with van der Waals surface area (Å²) in [6.07, 6.45) is 4.09. The molecule has 0 bridgehead atoms. The first-order valence-corrected chi connectivity index (χ1v) is 4.65. The third-order valence-corrected chi connectivity index (χ3v) is 3.31. The minimum atomic E-state index is 0.441. The SMILES string of the molecule is CC1Cc2occc2CC1(C)C. The van der Waals surface area contributed by atoms with E-state index in [9.17, 15) is 0 Å². The number of fused-ring (bicyclic) bond motifs is 1. The first kappa shape index (κ1) is 7.90. The molecule has 1 heterocycles. The van der Waals surface area contributed by atoms with Crippen LogP contribution in [0.4, 0.5) is 0 Å². The Labute approximate surface area is 73.8 Å². The van der Waals surface area contributed by atoms with Gasteiger partial charge in [-0.3, -0.25) is 0 Å². The van der Waals surface area contributed by atoms with Gasteiger partial charge in [-0.15, -0.1) is 0 Å². The third-order valence-electron chi connectivity index (χ3n) is 3.31. The van der Waals surface area contributed by atoms with E-state index in [-0.39, 0.29) is 0 Å². The lowest BCUT2D eigenvalue weighted by molar-refractivity contribution is 0.198. The summed E-state index contributed by atoms with van der Waals surface area (Å²) in [5.41, 5.74) is 1.86. The number of rotatable bonds is 0. The summed E-state index contributed by atoms with van der Waals surface area (Å²) in [6, 6.07) is 2.11. The average Bonchev–Trinajstić information content (AvgIpc) is 2.35. The number of furan rings is 1. The molecule has 2 rings (SSSR count). The van der Waals surface area contributed by atoms with Gasteiger partial charge < -0.3 is 4.42 Å². The van der Waals surface area contributed by atoms with Crippen molar-refractivity contribution in [2.24, 2.45) is 11.3 Å². The van der Waals surface area contributed by atoms with Crippen LogP contribution in [-0.2, 0) is 12.8 Å². The second kappa shape index (κ2) is 2.38. The van der Waals surface area contributed by atoms with Crippen molar-refractivity contribution in [2.45, 2.75) is 33.6 Å². The van der Waals surface area contributed by atoms with Crippen molar-refractivity contribution in [1.29, 1.82) is 0 Å². The van der Waals surface area contributed by atoms with Gasteiger partial charge in [-0.1, -0.05) is 20.8 Å². The van der Waals surface area contributed by atoms with Gasteiger partial charge in [0, 0.05) is 6.42 Å². The average molecular weight is 164 g/mol. The highest BCUT2D eigenvalue weighted by Gasteiger charge is 2.33. The van der Waals surface area contributed by atoms with Gasteiger partial charge in [-0.2, -0.15) is 0 Å². The van der Waals surface area contributed by atoms with Gasteiger partial charge in [0.05, 0.1) is 6.26 Å². The molecule has 1 aliphatic rings. The first-order chi connectivity index (χ1) is 5.59. The molecular formula is C11H16O. The van der Waals surface area contributed by atoms with Crippen molar-refractivity contribution in [3.05, 3.63) is 23.7 Å². The minimum absolute atomic E-state index is 0.441. The van der Waals surface area contributed by atoms with E-state index in [0.717, 1.165) is 12.3 Å². The van der Waals surface area contributed by atoms with E-state index in [1.165, 1.54) is 17.7 Å². The second-order valence-electron chi connectivity index (χ2n) is 4.64. The van der Waals surface area contributed by atoms with Crippen molar-refractivity contribution in [1.82, 2.24) is 0 Å². The molecule has 66 valence electrons. The summed E-state index contributed by atoms with van der Waals surface area (Å²) < 4.78 is 5.42. The zero-order valence-corrected chi connectivity index (χ0v) is 8.05. The quantitative estimate of drug-likeness (QED) is 0.574. The van der Waals surface area contributed by atoms with Crippen LogP contribution in [0.15, 0.2) is 16.7 Å². The van der Waals surface area contributed by atoms with Crippen molar-refractivity contribution < 1.29 is 4.42 Å². The maximum absolute atomic E-state index is 5.42. The van der Waals surface area contributed by atoms with Gasteiger partial charge >= 0.3 is 0 Å². The Bertz CT molecular complexity index is 283. The van der Waals surface area contributed by atoms with Crippen molar-refractivity contribution in [3.63, 3.8) is 0 Å². The third kappa shape index (κ3) is 1.08. The van der Waals surface area contributed by atoms with Crippen LogP contribution in [0.1, 0.15) is 32.1 Å². The first-order valence-electron chi connectivity index (χ1n) is 4.65. The summed E-state index contributed by atoms with van der Waals surface area (Å²) in [7, 11) is 0. The smallest absolute Gasteiger partial charge is 0.107 e. The van der Waals surface area contributed by atoms with Crippen LogP contribution in [0.25, 0.3) is 0 Å². The minimum Gasteiger partial charge on any atom is -0.469 e. The highest BCUT2D eigenvalue weighted by atomic mass is 16.3. The van der Waals surface area contributed by atoms with E-state index in [1.807, 2.05) is 6.26 Å². The van der Waals surface area contributed by atoms with Gasteiger partial charge in [-0.25, -0.2) is 0 Å². The molecule has 0 aromatic carbocycles. The van der Waals surface area contributed by atoms with Gasteiger partial charge in [-0.05, 0) is 29.4 Å². The Morgan fingerprint density at radius 1 is 1.50 bits per heavy atom. The Morgan fingerprint density at radius 2 is 2.25 bits per heavy atom. The molecule has 12 heavy (non-hydrogen) atoms. The largest absolute Gasteiger partial charge is 0.469 e. The van der Waals surface area contributed by atoms with Gasteiger partial charge in [0.2, 0.25) is 0 Å². The van der Waals surface area contributed by atoms with Crippen LogP contribution >= 0.6 is 0 Å². The highest BCUT2D eigenvalue weighted by Crippen LogP contribution is 2.39. The zero-order valence-electron chi connectivity index (χ0n) is 8.05. The van der Waals surface area contributed by atoms with Gasteiger partial charge in [0.25, 0.3) is 0 Å². The fourth-order valence-corrected chi connectivity index (χ4v) is 1.92. The molecule has 0 saturated carbocycles. The zero-order chi connectivity index (χ0) is 8.77. The fraction of sp³-hybridized carbons (Fsp3) is 0.636. The molecule has 1 aliphatic carbocycles. The lowest BCUT2D eigenvalue weighted by atomic mass is 9.69. The summed E-state index contributed by atoms with van der Waals surface area (Å²) in [4.78, 5) is 0. The molecule has 0 aliphatic heterocycles. The molecule has 1 unspecified atom stereocenters. The Kier molecular flexibility index (Phi) is 1.57. The summed E-state index contributed by atoms with van der Waals surface area (Å²) in [5.74, 6) is 1.94. The van der Waals surface area contributed by atoms with Crippen LogP contribution in [-0.4, -0.2) is 0 Å². The molecule has 1 aromatic rings. The molecular weight excluding hydrogens is 148 g/mol. The Balaban J connectivity index is 2.35. The molecule has 0 radical (unpaired) electrons. The lowest BCUT2D eigenvalue weighted by Crippen LogP contribution is -2.30. The predicted molar refractivity (Wildman–Crippen MR) is 49.1 cm³/mol. The van der Waals surface area contributed by atoms with E-state index in [4.69, 9.17) is 4.42 Å². The lowest BCUT2D eigenvalue weighted by Gasteiger charge is -2.35. The fourth-order valence-electron chi connectivity index (χ4n) is 1.92. The van der Waals surface area contributed by atoms with Crippen LogP contribution in [0, 0.1) is 11.3 Å². The Hall–Kier alpha value is -0.720. The van der Waals surface area contributed by atoms with Crippen molar-refractivity contribution in [2.75, 3.05) is 0 Å². The summed E-state index contributed by atoms with van der Waals surface area (Å²) in [6.45, 7) is 6.99. The second-order valence-corrected chi connectivity index (χ2v) is 4.64. The van der Waals surface area contributed by atoms with E-state index >= 15 is 0 Å². The molecule has 1 heteroatoms. The van der Waals surface area contributed by atoms with Crippen LogP contribution in [0.3, 0.4) is 0 Å². The topological polar surface area (TPSA) is 13.1 Å². The van der Waals surface area contributed by atoms with E-state index in [2.05, 4.69) is 26.8 Å². The monoisotopic (exact) mass is 164 g/mol. The Morgan fingerprint density at radius 3 is 3.00 bits per heavy atom. The van der Waals surface area contributed by atoms with E-state index in [0.29, 0.717) is 5.41 Å². The van der Waals surface area contributed by atoms with Crippen molar-refractivity contribution in [3.8, 4) is 0 Å². The summed E-state index contributed by atoms with van der Waals surface area (Å²) >= 11 is 0. The molecule has 0 N–H and O–H groups in total.